The van der Waals surface area contributed by atoms with E-state index >= 15 is 0 Å². The highest BCUT2D eigenvalue weighted by Gasteiger charge is 2.28. The van der Waals surface area contributed by atoms with Gasteiger partial charge in [-0.1, -0.05) is 0 Å². The molecule has 0 unspecified atom stereocenters. The molecule has 0 bridgehead atoms. The second-order valence-corrected chi connectivity index (χ2v) is 7.38. The molecule has 1 aliphatic rings. The number of nitrogens with zero attached hydrogens (tertiary/aromatic N) is 4. The van der Waals surface area contributed by atoms with E-state index in [2.05, 4.69) is 47.4 Å². The molecule has 1 aliphatic heterocycles. The third-order valence-electron chi connectivity index (χ3n) is 4.59. The SMILES string of the molecule is CCNC(=NCc1ccnc(N(C)C)c1)NCC(C)(C)N1CCOCC1.I. The quantitative estimate of drug-likeness (QED) is 0.346. The number of guanidine groups is 1. The number of aliphatic imine (C=N–C) groups is 1. The first-order chi connectivity index (χ1) is 12.4. The second-order valence-electron chi connectivity index (χ2n) is 7.38. The molecule has 0 spiro atoms. The van der Waals surface area contributed by atoms with Gasteiger partial charge in [-0.15, -0.1) is 24.0 Å². The monoisotopic (exact) mass is 490 g/mol. The number of halogens is 1. The lowest BCUT2D eigenvalue weighted by Crippen LogP contribution is -2.56. The Hall–Kier alpha value is -1.13. The van der Waals surface area contributed by atoms with Crippen molar-refractivity contribution < 1.29 is 4.74 Å². The average molecular weight is 490 g/mol. The highest BCUT2D eigenvalue weighted by atomic mass is 127. The lowest BCUT2D eigenvalue weighted by atomic mass is 10.0. The summed E-state index contributed by atoms with van der Waals surface area (Å²) < 4.78 is 5.47. The lowest BCUT2D eigenvalue weighted by molar-refractivity contribution is -0.00834. The van der Waals surface area contributed by atoms with Crippen molar-refractivity contribution in [1.82, 2.24) is 20.5 Å². The molecule has 1 fully saturated rings. The third-order valence-corrected chi connectivity index (χ3v) is 4.59. The smallest absolute Gasteiger partial charge is 0.191 e. The molecule has 2 heterocycles. The summed E-state index contributed by atoms with van der Waals surface area (Å²) in [5, 5.41) is 6.83. The summed E-state index contributed by atoms with van der Waals surface area (Å²) >= 11 is 0. The first kappa shape index (κ1) is 23.9. The minimum Gasteiger partial charge on any atom is -0.379 e. The van der Waals surface area contributed by atoms with Gasteiger partial charge in [-0.05, 0) is 38.5 Å². The summed E-state index contributed by atoms with van der Waals surface area (Å²) in [7, 11) is 3.99. The molecule has 0 radical (unpaired) electrons. The Morgan fingerprint density at radius 2 is 2.00 bits per heavy atom. The van der Waals surface area contributed by atoms with Gasteiger partial charge in [0.15, 0.2) is 5.96 Å². The third kappa shape index (κ3) is 7.79. The molecule has 154 valence electrons. The first-order valence-corrected chi connectivity index (χ1v) is 9.39. The number of ether oxygens (including phenoxy) is 1. The largest absolute Gasteiger partial charge is 0.379 e. The maximum Gasteiger partial charge on any atom is 0.191 e. The van der Waals surface area contributed by atoms with Crippen molar-refractivity contribution in [2.24, 2.45) is 4.99 Å². The number of pyridine rings is 1. The van der Waals surface area contributed by atoms with Gasteiger partial charge >= 0.3 is 0 Å². The topological polar surface area (TPSA) is 65.0 Å². The van der Waals surface area contributed by atoms with E-state index in [1.807, 2.05) is 31.3 Å². The summed E-state index contributed by atoms with van der Waals surface area (Å²) in [5.41, 5.74) is 1.20. The molecule has 1 aromatic rings. The Kier molecular flexibility index (Phi) is 10.3. The fraction of sp³-hybridized carbons (Fsp3) is 0.684. The van der Waals surface area contributed by atoms with Crippen LogP contribution in [0.15, 0.2) is 23.3 Å². The van der Waals surface area contributed by atoms with Gasteiger partial charge in [-0.25, -0.2) is 9.98 Å². The second kappa shape index (κ2) is 11.7. The maximum atomic E-state index is 5.47. The van der Waals surface area contributed by atoms with Crippen LogP contribution in [0.4, 0.5) is 5.82 Å². The zero-order chi connectivity index (χ0) is 19.0. The average Bonchev–Trinajstić information content (AvgIpc) is 2.65. The van der Waals surface area contributed by atoms with E-state index in [9.17, 15) is 0 Å². The van der Waals surface area contributed by atoms with Gasteiger partial charge < -0.3 is 20.3 Å². The highest BCUT2D eigenvalue weighted by Crippen LogP contribution is 2.15. The van der Waals surface area contributed by atoms with Gasteiger partial charge in [-0.3, -0.25) is 4.90 Å². The van der Waals surface area contributed by atoms with Crippen molar-refractivity contribution in [3.63, 3.8) is 0 Å². The van der Waals surface area contributed by atoms with Crippen LogP contribution in [-0.2, 0) is 11.3 Å². The van der Waals surface area contributed by atoms with Crippen LogP contribution in [0.25, 0.3) is 0 Å². The van der Waals surface area contributed by atoms with E-state index in [0.717, 1.165) is 56.7 Å². The first-order valence-electron chi connectivity index (χ1n) is 9.39. The summed E-state index contributed by atoms with van der Waals surface area (Å²) in [5.74, 6) is 1.79. The molecule has 7 nitrogen and oxygen atoms in total. The van der Waals surface area contributed by atoms with Crippen molar-refractivity contribution >= 4 is 35.8 Å². The van der Waals surface area contributed by atoms with Crippen LogP contribution in [0.5, 0.6) is 0 Å². The van der Waals surface area contributed by atoms with Crippen LogP contribution in [0, 0.1) is 0 Å². The Morgan fingerprint density at radius 3 is 2.63 bits per heavy atom. The Balaban J connectivity index is 0.00000364. The van der Waals surface area contributed by atoms with E-state index in [4.69, 9.17) is 9.73 Å². The van der Waals surface area contributed by atoms with Crippen molar-refractivity contribution in [2.75, 3.05) is 58.4 Å². The number of hydrogen-bond acceptors (Lipinski definition) is 5. The van der Waals surface area contributed by atoms with Gasteiger partial charge in [0.2, 0.25) is 0 Å². The molecule has 0 aromatic carbocycles. The predicted octanol–water partition coefficient (Wildman–Crippen LogP) is 1.93. The molecule has 0 amide bonds. The summed E-state index contributed by atoms with van der Waals surface area (Å²) in [6, 6.07) is 4.09. The van der Waals surface area contributed by atoms with Crippen molar-refractivity contribution in [3.8, 4) is 0 Å². The summed E-state index contributed by atoms with van der Waals surface area (Å²) in [6.45, 7) is 12.5. The Labute approximate surface area is 181 Å². The Morgan fingerprint density at radius 1 is 1.30 bits per heavy atom. The van der Waals surface area contributed by atoms with E-state index < -0.39 is 0 Å². The van der Waals surface area contributed by atoms with Crippen molar-refractivity contribution in [3.05, 3.63) is 23.9 Å². The van der Waals surface area contributed by atoms with Gasteiger partial charge in [0.25, 0.3) is 0 Å². The van der Waals surface area contributed by atoms with Gasteiger partial charge in [-0.2, -0.15) is 0 Å². The summed E-state index contributed by atoms with van der Waals surface area (Å²) in [4.78, 5) is 13.6. The molecule has 1 saturated heterocycles. The number of anilines is 1. The number of aromatic nitrogens is 1. The van der Waals surface area contributed by atoms with E-state index in [1.54, 1.807) is 0 Å². The molecule has 0 saturated carbocycles. The molecular weight excluding hydrogens is 455 g/mol. The van der Waals surface area contributed by atoms with Crippen LogP contribution in [0.3, 0.4) is 0 Å². The van der Waals surface area contributed by atoms with Crippen LogP contribution < -0.4 is 15.5 Å². The minimum absolute atomic E-state index is 0. The van der Waals surface area contributed by atoms with Crippen LogP contribution in [0.1, 0.15) is 26.3 Å². The van der Waals surface area contributed by atoms with Gasteiger partial charge in [0.05, 0.1) is 19.8 Å². The van der Waals surface area contributed by atoms with Crippen LogP contribution in [0.2, 0.25) is 0 Å². The van der Waals surface area contributed by atoms with E-state index in [0.29, 0.717) is 6.54 Å². The Bertz CT molecular complexity index is 587. The number of hydrogen-bond donors (Lipinski definition) is 2. The maximum absolute atomic E-state index is 5.47. The zero-order valence-electron chi connectivity index (χ0n) is 17.3. The molecule has 8 heteroatoms. The zero-order valence-corrected chi connectivity index (χ0v) is 19.6. The molecule has 2 N–H and O–H groups in total. The van der Waals surface area contributed by atoms with Gasteiger partial charge in [0.1, 0.15) is 5.82 Å². The van der Waals surface area contributed by atoms with Gasteiger partial charge in [0, 0.05) is 52.0 Å². The standard InChI is InChI=1S/C19H34N6O.HI/c1-6-20-18(22-14-16-7-8-21-17(13-16)24(4)5)23-15-19(2,3)25-9-11-26-12-10-25;/h7-8,13H,6,9-12,14-15H2,1-5H3,(H2,20,22,23);1H. The highest BCUT2D eigenvalue weighted by molar-refractivity contribution is 14.0. The predicted molar refractivity (Wildman–Crippen MR) is 123 cm³/mol. The fourth-order valence-corrected chi connectivity index (χ4v) is 2.90. The van der Waals surface area contributed by atoms with Crippen LogP contribution in [-0.4, -0.2) is 74.9 Å². The number of morpholine rings is 1. The van der Waals surface area contributed by atoms with E-state index in [-0.39, 0.29) is 29.5 Å². The van der Waals surface area contributed by atoms with Crippen LogP contribution >= 0.6 is 24.0 Å². The van der Waals surface area contributed by atoms with Crippen molar-refractivity contribution in [2.45, 2.75) is 32.9 Å². The number of nitrogens with one attached hydrogen (secondary N) is 2. The number of rotatable bonds is 7. The lowest BCUT2D eigenvalue weighted by Gasteiger charge is -2.41. The molecule has 0 aliphatic carbocycles. The molecule has 27 heavy (non-hydrogen) atoms. The molecular formula is C19H35IN6O. The molecule has 0 atom stereocenters. The van der Waals surface area contributed by atoms with E-state index in [1.165, 1.54) is 0 Å². The summed E-state index contributed by atoms with van der Waals surface area (Å²) in [6.07, 6.45) is 1.84. The normalized spacial score (nSPS) is 15.8. The molecule has 2 rings (SSSR count). The molecule has 1 aromatic heterocycles. The fourth-order valence-electron chi connectivity index (χ4n) is 2.90. The minimum atomic E-state index is 0. The van der Waals surface area contributed by atoms with Crippen molar-refractivity contribution in [1.29, 1.82) is 0 Å².